The van der Waals surface area contributed by atoms with Crippen LogP contribution in [0.15, 0.2) is 4.42 Å². The molecule has 13 heteroatoms. The van der Waals surface area contributed by atoms with Crippen LogP contribution in [0, 0.1) is 0 Å². The molecule has 1 aromatic rings. The first-order valence-corrected chi connectivity index (χ1v) is 12.5. The maximum Gasteiger partial charge on any atom is 0.411 e. The summed E-state index contributed by atoms with van der Waals surface area (Å²) in [5.41, 5.74) is -1.28. The van der Waals surface area contributed by atoms with Crippen molar-refractivity contribution in [2.24, 2.45) is 0 Å². The zero-order chi connectivity index (χ0) is 26.0. The summed E-state index contributed by atoms with van der Waals surface area (Å²) in [6, 6.07) is -0.342. The van der Waals surface area contributed by atoms with Crippen molar-refractivity contribution >= 4 is 12.2 Å². The summed E-state index contributed by atoms with van der Waals surface area (Å²) >= 11 is 0. The molecule has 4 saturated heterocycles. The Kier molecular flexibility index (Phi) is 6.17. The van der Waals surface area contributed by atoms with Crippen LogP contribution in [-0.2, 0) is 20.8 Å². The number of hydrogen-bond donors (Lipinski definition) is 1. The van der Waals surface area contributed by atoms with Crippen LogP contribution in [0.4, 0.5) is 9.59 Å². The summed E-state index contributed by atoms with van der Waals surface area (Å²) in [7, 11) is 0. The molecule has 200 valence electrons. The third-order valence-corrected chi connectivity index (χ3v) is 6.66. The van der Waals surface area contributed by atoms with E-state index >= 15 is 0 Å². The zero-order valence-corrected chi connectivity index (χ0v) is 21.7. The minimum Gasteiger partial charge on any atom is -0.444 e. The van der Waals surface area contributed by atoms with E-state index in [0.29, 0.717) is 31.4 Å². The Labute approximate surface area is 210 Å². The third-order valence-electron chi connectivity index (χ3n) is 6.66. The highest BCUT2D eigenvalue weighted by atomic mass is 16.7. The van der Waals surface area contributed by atoms with Crippen LogP contribution >= 0.6 is 0 Å². The highest BCUT2D eigenvalue weighted by molar-refractivity contribution is 5.72. The summed E-state index contributed by atoms with van der Waals surface area (Å²) in [6.45, 7) is 12.2. The van der Waals surface area contributed by atoms with Gasteiger partial charge in [-0.15, -0.1) is 10.2 Å². The molecule has 0 saturated carbocycles. The van der Waals surface area contributed by atoms with Gasteiger partial charge in [-0.3, -0.25) is 9.80 Å². The van der Waals surface area contributed by atoms with Crippen LogP contribution in [0.3, 0.4) is 0 Å². The molecular weight excluding hydrogens is 472 g/mol. The smallest absolute Gasteiger partial charge is 0.411 e. The minimum absolute atomic E-state index is 0.0292. The summed E-state index contributed by atoms with van der Waals surface area (Å²) < 4.78 is 22.7. The van der Waals surface area contributed by atoms with Crippen LogP contribution < -0.4 is 0 Å². The van der Waals surface area contributed by atoms with E-state index in [1.54, 1.807) is 25.7 Å². The Morgan fingerprint density at radius 1 is 1.03 bits per heavy atom. The predicted octanol–water partition coefficient (Wildman–Crippen LogP) is 2.32. The van der Waals surface area contributed by atoms with E-state index in [0.717, 1.165) is 12.8 Å². The monoisotopic (exact) mass is 508 g/mol. The number of amides is 2. The summed E-state index contributed by atoms with van der Waals surface area (Å²) in [5.74, 6) is 0.764. The van der Waals surface area contributed by atoms with Gasteiger partial charge in [-0.1, -0.05) is 0 Å². The molecule has 2 amide bonds. The van der Waals surface area contributed by atoms with Crippen molar-refractivity contribution < 1.29 is 33.4 Å². The number of carbonyl (C=O) groups excluding carboxylic acids is 2. The molecule has 3 unspecified atom stereocenters. The second-order valence-corrected chi connectivity index (χ2v) is 11.9. The first-order chi connectivity index (χ1) is 16.8. The number of aromatic nitrogens is 2. The van der Waals surface area contributed by atoms with Gasteiger partial charge in [0.1, 0.15) is 17.7 Å². The van der Waals surface area contributed by atoms with Crippen LogP contribution in [0.5, 0.6) is 0 Å². The van der Waals surface area contributed by atoms with Gasteiger partial charge in [-0.05, 0) is 54.4 Å². The fraction of sp³-hybridized carbons (Fsp3) is 0.826. The number of nitrogens with zero attached hydrogens (tertiary/aromatic N) is 6. The van der Waals surface area contributed by atoms with Crippen molar-refractivity contribution in [3.8, 4) is 0 Å². The summed E-state index contributed by atoms with van der Waals surface area (Å²) in [6.07, 6.45) is 0.127. The minimum atomic E-state index is -0.682. The SMILES string of the molecule is CC(C)(C)OC(=O)N1CC(N(Cc2nnc([C@@H]3CC[C@@H]4CN3C3OC3N4O)o2)C(=O)OC(C)(C)C)C1. The highest BCUT2D eigenvalue weighted by Crippen LogP contribution is 2.45. The largest absolute Gasteiger partial charge is 0.444 e. The predicted molar refractivity (Wildman–Crippen MR) is 122 cm³/mol. The van der Waals surface area contributed by atoms with E-state index in [1.807, 2.05) is 20.8 Å². The van der Waals surface area contributed by atoms with Crippen LogP contribution in [0.2, 0.25) is 0 Å². The molecule has 5 atom stereocenters. The van der Waals surface area contributed by atoms with Gasteiger partial charge in [0.2, 0.25) is 11.8 Å². The van der Waals surface area contributed by atoms with Crippen molar-refractivity contribution in [2.45, 2.75) is 103 Å². The van der Waals surface area contributed by atoms with Crippen LogP contribution in [-0.4, -0.2) is 103 Å². The fourth-order valence-electron chi connectivity index (χ4n) is 4.88. The molecule has 4 fully saturated rings. The lowest BCUT2D eigenvalue weighted by atomic mass is 9.96. The lowest BCUT2D eigenvalue weighted by Gasteiger charge is -2.44. The molecule has 1 N–H and O–H groups in total. The molecule has 5 heterocycles. The standard InChI is InChI=1S/C23H36N6O7/c1-22(2,3)35-20(30)26-9-14(10-26)27(21(31)36-23(4,5)6)12-16-24-25-17(33-16)15-8-7-13-11-28(15)18-19(34-18)29(13)32/h13-15,18-19,32H,7-12H2,1-6H3/t13-,15+,18?,19?/m1/s1. The number of carbonyl (C=O) groups is 2. The van der Waals surface area contributed by atoms with E-state index in [4.69, 9.17) is 18.6 Å². The molecule has 13 nitrogen and oxygen atoms in total. The molecule has 5 rings (SSSR count). The van der Waals surface area contributed by atoms with Crippen molar-refractivity contribution in [1.82, 2.24) is 30.0 Å². The molecule has 2 bridgehead atoms. The number of ether oxygens (including phenoxy) is 3. The van der Waals surface area contributed by atoms with Gasteiger partial charge in [-0.25, -0.2) is 9.59 Å². The van der Waals surface area contributed by atoms with Crippen molar-refractivity contribution in [3.63, 3.8) is 0 Å². The summed E-state index contributed by atoms with van der Waals surface area (Å²) in [5, 5.41) is 20.0. The highest BCUT2D eigenvalue weighted by Gasteiger charge is 2.58. The van der Waals surface area contributed by atoms with E-state index in [9.17, 15) is 14.8 Å². The number of fused-ring (bicyclic) bond motifs is 4. The molecular formula is C23H36N6O7. The molecule has 4 aliphatic heterocycles. The molecule has 0 aliphatic carbocycles. The molecule has 1 aromatic heterocycles. The molecule has 0 spiro atoms. The third kappa shape index (κ3) is 5.15. The van der Waals surface area contributed by atoms with Crippen molar-refractivity contribution in [1.29, 1.82) is 0 Å². The number of rotatable bonds is 4. The average molecular weight is 509 g/mol. The Morgan fingerprint density at radius 3 is 2.39 bits per heavy atom. The van der Waals surface area contributed by atoms with Crippen molar-refractivity contribution in [3.05, 3.63) is 11.8 Å². The molecule has 4 aliphatic rings. The van der Waals surface area contributed by atoms with E-state index in [2.05, 4.69) is 15.1 Å². The number of piperidine rings is 1. The van der Waals surface area contributed by atoms with E-state index < -0.39 is 23.4 Å². The maximum absolute atomic E-state index is 13.1. The number of piperazine rings is 1. The van der Waals surface area contributed by atoms with Gasteiger partial charge in [0.05, 0.1) is 18.1 Å². The lowest BCUT2D eigenvalue weighted by molar-refractivity contribution is -0.187. The van der Waals surface area contributed by atoms with Gasteiger partial charge in [0.15, 0.2) is 12.5 Å². The number of hydrogen-bond acceptors (Lipinski definition) is 11. The van der Waals surface area contributed by atoms with E-state index in [1.165, 1.54) is 9.96 Å². The topological polar surface area (TPSA) is 137 Å². The molecule has 0 radical (unpaired) electrons. The van der Waals surface area contributed by atoms with Gasteiger partial charge in [0.25, 0.3) is 0 Å². The second kappa shape index (κ2) is 8.82. The van der Waals surface area contributed by atoms with Gasteiger partial charge < -0.3 is 28.7 Å². The lowest BCUT2D eigenvalue weighted by Crippen LogP contribution is -2.63. The number of epoxide rings is 1. The average Bonchev–Trinajstić information content (AvgIpc) is 3.39. The quantitative estimate of drug-likeness (QED) is 0.600. The molecule has 0 aromatic carbocycles. The molecule has 36 heavy (non-hydrogen) atoms. The Hall–Kier alpha value is -2.48. The first-order valence-electron chi connectivity index (χ1n) is 12.5. The van der Waals surface area contributed by atoms with Gasteiger partial charge >= 0.3 is 12.2 Å². The van der Waals surface area contributed by atoms with Gasteiger partial charge in [-0.2, -0.15) is 5.06 Å². The Morgan fingerprint density at radius 2 is 1.72 bits per heavy atom. The summed E-state index contributed by atoms with van der Waals surface area (Å²) in [4.78, 5) is 30.7. The van der Waals surface area contributed by atoms with Crippen molar-refractivity contribution in [2.75, 3.05) is 19.6 Å². The zero-order valence-electron chi connectivity index (χ0n) is 21.7. The number of hydroxylamine groups is 2. The Bertz CT molecular complexity index is 998. The maximum atomic E-state index is 13.1. The normalized spacial score (nSPS) is 30.3. The van der Waals surface area contributed by atoms with E-state index in [-0.39, 0.29) is 37.1 Å². The fourth-order valence-corrected chi connectivity index (χ4v) is 4.88. The Balaban J connectivity index is 1.26. The van der Waals surface area contributed by atoms with Crippen LogP contribution in [0.25, 0.3) is 0 Å². The second-order valence-electron chi connectivity index (χ2n) is 11.9. The first kappa shape index (κ1) is 25.2. The number of likely N-dealkylation sites (tertiary alicyclic amines) is 1. The van der Waals surface area contributed by atoms with Gasteiger partial charge in [0, 0.05) is 19.6 Å². The van der Waals surface area contributed by atoms with Crippen LogP contribution in [0.1, 0.15) is 72.2 Å².